The maximum absolute atomic E-state index is 13.0. The van der Waals surface area contributed by atoms with Gasteiger partial charge in [-0.2, -0.15) is 0 Å². The van der Waals surface area contributed by atoms with Crippen LogP contribution in [0.5, 0.6) is 11.5 Å². The van der Waals surface area contributed by atoms with Crippen LogP contribution in [0.4, 0.5) is 0 Å². The van der Waals surface area contributed by atoms with E-state index in [1.54, 1.807) is 37.7 Å². The third-order valence-corrected chi connectivity index (χ3v) is 5.76. The average molecular weight is 425 g/mol. The standard InChI is InChI=1S/C18H21BrN2O3S/c1-23-13-10-15(17(24-2)16(19)11-13)18(22)21-7-5-20(6-8-21)12-14-4-3-9-25-14/h3-4,9-11H,5-8,12H2,1-2H3. The number of amides is 1. The second-order valence-electron chi connectivity index (χ2n) is 5.84. The first-order chi connectivity index (χ1) is 12.1. The molecule has 2 aromatic rings. The number of hydrogen-bond acceptors (Lipinski definition) is 5. The van der Waals surface area contributed by atoms with Crippen LogP contribution in [0.15, 0.2) is 34.1 Å². The minimum atomic E-state index is -0.0211. The van der Waals surface area contributed by atoms with Crippen LogP contribution >= 0.6 is 27.3 Å². The van der Waals surface area contributed by atoms with Gasteiger partial charge in [0.05, 0.1) is 24.3 Å². The lowest BCUT2D eigenvalue weighted by molar-refractivity contribution is 0.0626. The molecular weight excluding hydrogens is 404 g/mol. The second kappa shape index (κ2) is 8.21. The van der Waals surface area contributed by atoms with Crippen molar-refractivity contribution in [3.8, 4) is 11.5 Å². The Kier molecular flexibility index (Phi) is 5.98. The summed E-state index contributed by atoms with van der Waals surface area (Å²) in [4.78, 5) is 18.6. The van der Waals surface area contributed by atoms with E-state index in [9.17, 15) is 4.79 Å². The normalized spacial score (nSPS) is 15.2. The molecule has 0 unspecified atom stereocenters. The van der Waals surface area contributed by atoms with Crippen molar-refractivity contribution in [3.63, 3.8) is 0 Å². The average Bonchev–Trinajstić information content (AvgIpc) is 3.14. The highest BCUT2D eigenvalue weighted by Gasteiger charge is 2.26. The monoisotopic (exact) mass is 424 g/mol. The number of carbonyl (C=O) groups excluding carboxylic acids is 1. The molecule has 1 aromatic carbocycles. The molecule has 134 valence electrons. The number of thiophene rings is 1. The van der Waals surface area contributed by atoms with Gasteiger partial charge in [0.25, 0.3) is 5.91 Å². The van der Waals surface area contributed by atoms with Gasteiger partial charge in [-0.25, -0.2) is 0 Å². The molecule has 0 bridgehead atoms. The Morgan fingerprint density at radius 1 is 1.20 bits per heavy atom. The SMILES string of the molecule is COc1cc(Br)c(OC)c(C(=O)N2CCN(Cc3cccs3)CC2)c1. The van der Waals surface area contributed by atoms with Gasteiger partial charge >= 0.3 is 0 Å². The molecule has 25 heavy (non-hydrogen) atoms. The van der Waals surface area contributed by atoms with Crippen molar-refractivity contribution in [2.45, 2.75) is 6.54 Å². The van der Waals surface area contributed by atoms with Gasteiger partial charge in [-0.3, -0.25) is 9.69 Å². The third kappa shape index (κ3) is 4.16. The van der Waals surface area contributed by atoms with Crippen LogP contribution in [-0.2, 0) is 6.54 Å². The molecule has 0 atom stereocenters. The number of carbonyl (C=O) groups is 1. The molecule has 0 saturated carbocycles. The smallest absolute Gasteiger partial charge is 0.257 e. The minimum Gasteiger partial charge on any atom is -0.497 e. The summed E-state index contributed by atoms with van der Waals surface area (Å²) in [5, 5.41) is 2.10. The zero-order valence-corrected chi connectivity index (χ0v) is 16.7. The summed E-state index contributed by atoms with van der Waals surface area (Å²) in [7, 11) is 3.16. The van der Waals surface area contributed by atoms with Gasteiger partial charge < -0.3 is 14.4 Å². The number of nitrogens with zero attached hydrogens (tertiary/aromatic N) is 2. The molecule has 3 rings (SSSR count). The van der Waals surface area contributed by atoms with E-state index in [0.717, 1.165) is 19.6 Å². The number of benzene rings is 1. The summed E-state index contributed by atoms with van der Waals surface area (Å²) in [5.41, 5.74) is 0.528. The number of methoxy groups -OCH3 is 2. The maximum atomic E-state index is 13.0. The first-order valence-electron chi connectivity index (χ1n) is 8.08. The molecule has 0 N–H and O–H groups in total. The molecule has 1 aliphatic rings. The highest BCUT2D eigenvalue weighted by molar-refractivity contribution is 9.10. The zero-order valence-electron chi connectivity index (χ0n) is 14.3. The predicted molar refractivity (Wildman–Crippen MR) is 103 cm³/mol. The summed E-state index contributed by atoms with van der Waals surface area (Å²) >= 11 is 5.22. The van der Waals surface area contributed by atoms with Gasteiger partial charge in [-0.1, -0.05) is 6.07 Å². The van der Waals surface area contributed by atoms with E-state index in [1.807, 2.05) is 4.90 Å². The number of rotatable bonds is 5. The summed E-state index contributed by atoms with van der Waals surface area (Å²) in [5.74, 6) is 1.16. The number of piperazine rings is 1. The van der Waals surface area contributed by atoms with E-state index in [-0.39, 0.29) is 5.91 Å². The summed E-state index contributed by atoms with van der Waals surface area (Å²) in [6, 6.07) is 7.77. The largest absolute Gasteiger partial charge is 0.497 e. The second-order valence-corrected chi connectivity index (χ2v) is 7.72. The lowest BCUT2D eigenvalue weighted by Crippen LogP contribution is -2.48. The van der Waals surface area contributed by atoms with Crippen LogP contribution in [0.25, 0.3) is 0 Å². The fourth-order valence-corrected chi connectivity index (χ4v) is 4.30. The number of ether oxygens (including phenoxy) is 2. The summed E-state index contributed by atoms with van der Waals surface area (Å²) in [6.45, 7) is 4.12. The van der Waals surface area contributed by atoms with Crippen molar-refractivity contribution >= 4 is 33.2 Å². The van der Waals surface area contributed by atoms with E-state index < -0.39 is 0 Å². The molecule has 1 amide bonds. The van der Waals surface area contributed by atoms with Gasteiger partial charge in [0.1, 0.15) is 11.5 Å². The molecule has 2 heterocycles. The molecule has 1 aromatic heterocycles. The maximum Gasteiger partial charge on any atom is 0.257 e. The fourth-order valence-electron chi connectivity index (χ4n) is 2.96. The van der Waals surface area contributed by atoms with Crippen molar-refractivity contribution in [2.24, 2.45) is 0 Å². The lowest BCUT2D eigenvalue weighted by Gasteiger charge is -2.34. The minimum absolute atomic E-state index is 0.0211. The Morgan fingerprint density at radius 3 is 2.56 bits per heavy atom. The van der Waals surface area contributed by atoms with Crippen molar-refractivity contribution < 1.29 is 14.3 Å². The fraction of sp³-hybridized carbons (Fsp3) is 0.389. The van der Waals surface area contributed by atoms with E-state index >= 15 is 0 Å². The molecular formula is C18H21BrN2O3S. The van der Waals surface area contributed by atoms with Crippen LogP contribution in [0.3, 0.4) is 0 Å². The molecule has 1 fully saturated rings. The molecule has 5 nitrogen and oxygen atoms in total. The van der Waals surface area contributed by atoms with E-state index in [4.69, 9.17) is 9.47 Å². The van der Waals surface area contributed by atoms with Gasteiger partial charge in [0, 0.05) is 37.6 Å². The van der Waals surface area contributed by atoms with Gasteiger partial charge in [-0.15, -0.1) is 11.3 Å². The van der Waals surface area contributed by atoms with E-state index in [0.29, 0.717) is 34.6 Å². The van der Waals surface area contributed by atoms with Crippen LogP contribution in [0, 0.1) is 0 Å². The Balaban J connectivity index is 1.69. The highest BCUT2D eigenvalue weighted by atomic mass is 79.9. The molecule has 1 aliphatic heterocycles. The first-order valence-corrected chi connectivity index (χ1v) is 9.75. The van der Waals surface area contributed by atoms with E-state index in [2.05, 4.69) is 38.3 Å². The molecule has 0 aliphatic carbocycles. The summed E-state index contributed by atoms with van der Waals surface area (Å²) in [6.07, 6.45) is 0. The quantitative estimate of drug-likeness (QED) is 0.736. The van der Waals surface area contributed by atoms with Gasteiger partial charge in [0.2, 0.25) is 0 Å². The van der Waals surface area contributed by atoms with Crippen LogP contribution in [0.2, 0.25) is 0 Å². The van der Waals surface area contributed by atoms with Crippen molar-refractivity contribution in [1.82, 2.24) is 9.80 Å². The Bertz CT molecular complexity index is 728. The van der Waals surface area contributed by atoms with Crippen LogP contribution in [0.1, 0.15) is 15.2 Å². The molecule has 7 heteroatoms. The van der Waals surface area contributed by atoms with Crippen molar-refractivity contribution in [2.75, 3.05) is 40.4 Å². The Hall–Kier alpha value is -1.57. The van der Waals surface area contributed by atoms with Crippen molar-refractivity contribution in [3.05, 3.63) is 44.6 Å². The summed E-state index contributed by atoms with van der Waals surface area (Å²) < 4.78 is 11.4. The predicted octanol–water partition coefficient (Wildman–Crippen LogP) is 3.49. The van der Waals surface area contributed by atoms with Crippen molar-refractivity contribution in [1.29, 1.82) is 0 Å². The molecule has 1 saturated heterocycles. The third-order valence-electron chi connectivity index (χ3n) is 4.31. The zero-order chi connectivity index (χ0) is 17.8. The lowest BCUT2D eigenvalue weighted by atomic mass is 10.1. The van der Waals surface area contributed by atoms with Gasteiger partial charge in [0.15, 0.2) is 0 Å². The number of halogens is 1. The Morgan fingerprint density at radius 2 is 1.96 bits per heavy atom. The highest BCUT2D eigenvalue weighted by Crippen LogP contribution is 2.34. The molecule has 0 spiro atoms. The van der Waals surface area contributed by atoms with Gasteiger partial charge in [-0.05, 0) is 39.5 Å². The molecule has 0 radical (unpaired) electrons. The van der Waals surface area contributed by atoms with Crippen LogP contribution < -0.4 is 9.47 Å². The topological polar surface area (TPSA) is 42.0 Å². The van der Waals surface area contributed by atoms with Crippen LogP contribution in [-0.4, -0.2) is 56.1 Å². The number of hydrogen-bond donors (Lipinski definition) is 0. The first kappa shape index (κ1) is 18.2. The Labute approximate surface area is 160 Å². The van der Waals surface area contributed by atoms with E-state index in [1.165, 1.54) is 4.88 Å².